The van der Waals surface area contributed by atoms with Gasteiger partial charge in [0, 0.05) is 62.7 Å². The van der Waals surface area contributed by atoms with E-state index in [9.17, 15) is 13.2 Å². The fourth-order valence-corrected chi connectivity index (χ4v) is 5.92. The number of halogens is 1. The molecular formula is C23H25ClN5O3S+. The van der Waals surface area contributed by atoms with Crippen LogP contribution in [0.1, 0.15) is 19.0 Å². The Morgan fingerprint density at radius 2 is 1.82 bits per heavy atom. The van der Waals surface area contributed by atoms with Gasteiger partial charge in [-0.25, -0.2) is 4.98 Å². The number of hydrogen-bond acceptors (Lipinski definition) is 5. The van der Waals surface area contributed by atoms with Gasteiger partial charge in [-0.3, -0.25) is 14.1 Å². The monoisotopic (exact) mass is 486 g/mol. The molecule has 2 aliphatic rings. The fraction of sp³-hybridized carbons (Fsp3) is 0.348. The van der Waals surface area contributed by atoms with E-state index in [2.05, 4.69) is 4.90 Å². The van der Waals surface area contributed by atoms with Crippen molar-refractivity contribution in [3.8, 4) is 11.3 Å². The lowest BCUT2D eigenvalue weighted by Crippen LogP contribution is -2.47. The summed E-state index contributed by atoms with van der Waals surface area (Å²) in [5.41, 5.74) is 4.11. The lowest BCUT2D eigenvalue weighted by Gasteiger charge is -2.34. The van der Waals surface area contributed by atoms with Crippen LogP contribution in [-0.2, 0) is 21.4 Å². The molecule has 5 rings (SSSR count). The van der Waals surface area contributed by atoms with Crippen molar-refractivity contribution in [2.24, 2.45) is 0 Å². The minimum absolute atomic E-state index is 0.0963. The van der Waals surface area contributed by atoms with Crippen LogP contribution in [0.2, 0.25) is 5.02 Å². The number of carbonyl (C=O) groups excluding carboxylic acids is 1. The topological polar surface area (TPSA) is 78.0 Å². The van der Waals surface area contributed by atoms with E-state index in [-0.39, 0.29) is 11.7 Å². The second-order valence-corrected chi connectivity index (χ2v) is 10.8. The number of aromatic nitrogens is 2. The van der Waals surface area contributed by atoms with Crippen LogP contribution < -0.4 is 0 Å². The standard InChI is InChI=1S/C23H25ClN5O3S/c1-17(30)27-12-10-26(11-13-27)16-21-23(18-3-5-19(24)6-4-18)25-22-8-7-20(15-28(21)22)29-9-2-14-33(29,31)32/h3-9,15H,2,10-14,16H2,1H3/q+1. The van der Waals surface area contributed by atoms with E-state index in [1.54, 1.807) is 19.2 Å². The SMILES string of the molecule is CC(=O)N1CCN(Cc2c(-c3ccc(Cl)cc3)nc3ccc([N+]4=CCCS4(=O)=O)cn23)CC1. The Morgan fingerprint density at radius 3 is 2.45 bits per heavy atom. The molecule has 0 spiro atoms. The molecule has 1 fully saturated rings. The van der Waals surface area contributed by atoms with E-state index >= 15 is 0 Å². The molecule has 1 aromatic carbocycles. The van der Waals surface area contributed by atoms with Crippen molar-refractivity contribution < 1.29 is 17.2 Å². The summed E-state index contributed by atoms with van der Waals surface area (Å²) in [6.07, 6.45) is 4.07. The summed E-state index contributed by atoms with van der Waals surface area (Å²) in [6.45, 7) is 5.14. The molecule has 10 heteroatoms. The first-order chi connectivity index (χ1) is 15.8. The first kappa shape index (κ1) is 22.1. The van der Waals surface area contributed by atoms with Crippen LogP contribution in [0.15, 0.2) is 42.6 Å². The smallest absolute Gasteiger partial charge is 0.340 e. The first-order valence-electron chi connectivity index (χ1n) is 10.9. The maximum atomic E-state index is 12.5. The molecule has 2 aliphatic heterocycles. The third-order valence-corrected chi connectivity index (χ3v) is 8.20. The highest BCUT2D eigenvalue weighted by molar-refractivity contribution is 7.85. The number of amides is 1. The number of rotatable bonds is 4. The number of carbonyl (C=O) groups is 1. The summed E-state index contributed by atoms with van der Waals surface area (Å²) in [5.74, 6) is 0.220. The van der Waals surface area contributed by atoms with E-state index in [0.717, 1.165) is 35.7 Å². The molecular weight excluding hydrogens is 462 g/mol. The zero-order valence-corrected chi connectivity index (χ0v) is 19.9. The van der Waals surface area contributed by atoms with Gasteiger partial charge in [0.15, 0.2) is 6.21 Å². The van der Waals surface area contributed by atoms with Crippen molar-refractivity contribution in [3.63, 3.8) is 0 Å². The normalized spacial score (nSPS) is 18.6. The van der Waals surface area contributed by atoms with E-state index in [1.165, 1.54) is 3.98 Å². The molecule has 0 unspecified atom stereocenters. The molecule has 0 N–H and O–H groups in total. The van der Waals surface area contributed by atoms with Crippen molar-refractivity contribution in [3.05, 3.63) is 53.3 Å². The third-order valence-electron chi connectivity index (χ3n) is 6.24. The summed E-state index contributed by atoms with van der Waals surface area (Å²) in [4.78, 5) is 20.7. The van der Waals surface area contributed by atoms with Gasteiger partial charge in [0.25, 0.3) is 0 Å². The molecule has 0 aliphatic carbocycles. The molecule has 0 atom stereocenters. The minimum atomic E-state index is -3.33. The Kier molecular flexibility index (Phi) is 5.72. The van der Waals surface area contributed by atoms with Gasteiger partial charge in [0.05, 0.1) is 17.6 Å². The number of nitrogens with zero attached hydrogens (tertiary/aromatic N) is 5. The Morgan fingerprint density at radius 1 is 1.09 bits per heavy atom. The molecule has 33 heavy (non-hydrogen) atoms. The fourth-order valence-electron chi connectivity index (χ4n) is 4.43. The minimum Gasteiger partial charge on any atom is -0.340 e. The second-order valence-electron chi connectivity index (χ2n) is 8.39. The van der Waals surface area contributed by atoms with Crippen molar-refractivity contribution in [1.82, 2.24) is 19.2 Å². The lowest BCUT2D eigenvalue weighted by atomic mass is 10.1. The Balaban J connectivity index is 1.57. The molecule has 2 aromatic heterocycles. The van der Waals surface area contributed by atoms with Crippen LogP contribution in [0.25, 0.3) is 16.9 Å². The van der Waals surface area contributed by atoms with E-state index in [1.807, 2.05) is 45.8 Å². The van der Waals surface area contributed by atoms with Crippen molar-refractivity contribution >= 4 is 45.1 Å². The van der Waals surface area contributed by atoms with Crippen molar-refractivity contribution in [2.75, 3.05) is 31.9 Å². The van der Waals surface area contributed by atoms with Gasteiger partial charge in [-0.1, -0.05) is 27.7 Å². The van der Waals surface area contributed by atoms with Crippen LogP contribution in [0, 0.1) is 0 Å². The van der Waals surface area contributed by atoms with Gasteiger partial charge in [-0.05, 0) is 18.2 Å². The number of piperazine rings is 1. The van der Waals surface area contributed by atoms with Crippen LogP contribution >= 0.6 is 11.6 Å². The van der Waals surface area contributed by atoms with Gasteiger partial charge in [-0.2, -0.15) is 8.42 Å². The highest BCUT2D eigenvalue weighted by Crippen LogP contribution is 2.29. The molecule has 8 nitrogen and oxygen atoms in total. The van der Waals surface area contributed by atoms with Gasteiger partial charge in [0.1, 0.15) is 11.4 Å². The average Bonchev–Trinajstić information content (AvgIpc) is 3.33. The average molecular weight is 487 g/mol. The molecule has 0 saturated carbocycles. The van der Waals surface area contributed by atoms with Crippen LogP contribution in [-0.4, -0.2) is 75.6 Å². The van der Waals surface area contributed by atoms with Gasteiger partial charge >= 0.3 is 10.0 Å². The number of hydrogen-bond donors (Lipinski definition) is 0. The second kappa shape index (κ2) is 8.55. The van der Waals surface area contributed by atoms with Crippen LogP contribution in [0.5, 0.6) is 0 Å². The van der Waals surface area contributed by atoms with Crippen LogP contribution in [0.4, 0.5) is 5.69 Å². The first-order valence-corrected chi connectivity index (χ1v) is 12.9. The Hall–Kier alpha value is -2.75. The van der Waals surface area contributed by atoms with Gasteiger partial charge < -0.3 is 4.90 Å². The molecule has 0 radical (unpaired) electrons. The maximum absolute atomic E-state index is 12.5. The van der Waals surface area contributed by atoms with E-state index in [4.69, 9.17) is 16.6 Å². The molecule has 1 amide bonds. The largest absolute Gasteiger partial charge is 0.370 e. The van der Waals surface area contributed by atoms with E-state index in [0.29, 0.717) is 36.8 Å². The molecule has 172 valence electrons. The highest BCUT2D eigenvalue weighted by atomic mass is 35.5. The summed E-state index contributed by atoms with van der Waals surface area (Å²) in [5, 5.41) is 0.654. The predicted molar refractivity (Wildman–Crippen MR) is 128 cm³/mol. The van der Waals surface area contributed by atoms with Crippen molar-refractivity contribution in [1.29, 1.82) is 0 Å². The number of sulfonamides is 1. The Bertz CT molecular complexity index is 1360. The van der Waals surface area contributed by atoms with Gasteiger partial charge in [-0.15, -0.1) is 0 Å². The summed E-state index contributed by atoms with van der Waals surface area (Å²) in [7, 11) is -3.33. The summed E-state index contributed by atoms with van der Waals surface area (Å²) >= 11 is 6.10. The zero-order chi connectivity index (χ0) is 23.2. The third kappa shape index (κ3) is 4.28. The number of pyridine rings is 1. The predicted octanol–water partition coefficient (Wildman–Crippen LogP) is 2.77. The zero-order valence-electron chi connectivity index (χ0n) is 18.3. The molecule has 3 aromatic rings. The Labute approximate surface area is 197 Å². The van der Waals surface area contributed by atoms with Crippen molar-refractivity contribution in [2.45, 2.75) is 19.9 Å². The number of fused-ring (bicyclic) bond motifs is 1. The molecule has 4 heterocycles. The van der Waals surface area contributed by atoms with E-state index < -0.39 is 10.0 Å². The number of imidazole rings is 1. The van der Waals surface area contributed by atoms with Gasteiger partial charge in [0.2, 0.25) is 11.6 Å². The van der Waals surface area contributed by atoms with Crippen LogP contribution in [0.3, 0.4) is 0 Å². The maximum Gasteiger partial charge on any atom is 0.370 e. The number of benzene rings is 1. The lowest BCUT2D eigenvalue weighted by molar-refractivity contribution is -0.251. The quantitative estimate of drug-likeness (QED) is 0.530. The molecule has 0 bridgehead atoms. The highest BCUT2D eigenvalue weighted by Gasteiger charge is 2.33. The molecule has 1 saturated heterocycles. The summed E-state index contributed by atoms with van der Waals surface area (Å²) < 4.78 is 28.3. The summed E-state index contributed by atoms with van der Waals surface area (Å²) in [6, 6.07) is 11.2.